The van der Waals surface area contributed by atoms with Gasteiger partial charge in [0, 0.05) is 33.2 Å². The van der Waals surface area contributed by atoms with Crippen LogP contribution in [0.1, 0.15) is 38.9 Å². The Kier molecular flexibility index (Phi) is 6.51. The normalized spacial score (nSPS) is 10.8. The molecule has 0 aliphatic heterocycles. The average molecular weight is 518 g/mol. The maximum atomic E-state index is 13.1. The number of hydrogen-bond donors (Lipinski definition) is 1. The second kappa shape index (κ2) is 9.52. The topological polar surface area (TPSA) is 98.1 Å². The van der Waals surface area contributed by atoms with Crippen LogP contribution in [0.25, 0.3) is 11.0 Å². The Labute approximate surface area is 203 Å². The van der Waals surface area contributed by atoms with Gasteiger partial charge in [0.25, 0.3) is 0 Å². The van der Waals surface area contributed by atoms with E-state index in [0.29, 0.717) is 28.2 Å². The van der Waals surface area contributed by atoms with E-state index in [-0.39, 0.29) is 23.3 Å². The predicted molar refractivity (Wildman–Crippen MR) is 133 cm³/mol. The lowest BCUT2D eigenvalue weighted by molar-refractivity contribution is -0.116. The van der Waals surface area contributed by atoms with E-state index in [2.05, 4.69) is 26.2 Å². The fourth-order valence-corrected chi connectivity index (χ4v) is 3.83. The number of halogens is 1. The maximum absolute atomic E-state index is 13.1. The minimum absolute atomic E-state index is 0.0492. The smallest absolute Gasteiger partial charge is 0.244 e. The summed E-state index contributed by atoms with van der Waals surface area (Å²) in [6.07, 6.45) is 1.38. The van der Waals surface area contributed by atoms with Crippen LogP contribution in [0.3, 0.4) is 0 Å². The summed E-state index contributed by atoms with van der Waals surface area (Å²) < 4.78 is 2.31. The highest BCUT2D eigenvalue weighted by molar-refractivity contribution is 9.10. The van der Waals surface area contributed by atoms with Crippen molar-refractivity contribution < 1.29 is 14.4 Å². The third-order valence-corrected chi connectivity index (χ3v) is 5.81. The van der Waals surface area contributed by atoms with Crippen LogP contribution in [0.4, 0.5) is 5.69 Å². The third kappa shape index (κ3) is 4.87. The first-order valence-electron chi connectivity index (χ1n) is 10.4. The van der Waals surface area contributed by atoms with Gasteiger partial charge in [0.05, 0.1) is 10.9 Å². The number of Topliss-reactive ketones (excluding diaryl/α,β-unsaturated/α-hetero) is 1. The molecular formula is C26H20BrN3O4. The number of amides is 1. The number of aryl methyl sites for hydroxylation is 1. The molecule has 0 atom stereocenters. The first kappa shape index (κ1) is 23.3. The van der Waals surface area contributed by atoms with Crippen LogP contribution < -0.4 is 10.7 Å². The van der Waals surface area contributed by atoms with E-state index in [9.17, 15) is 19.2 Å². The molecule has 1 N–H and O–H groups in total. The average Bonchev–Trinajstić information content (AvgIpc) is 2.81. The first-order valence-corrected chi connectivity index (χ1v) is 11.2. The Morgan fingerprint density at radius 2 is 1.74 bits per heavy atom. The van der Waals surface area contributed by atoms with Crippen molar-refractivity contribution in [3.05, 3.63) is 104 Å². The number of aromatic nitrogens is 2. The largest absolute Gasteiger partial charge is 0.325 e. The molecule has 0 unspecified atom stereocenters. The summed E-state index contributed by atoms with van der Waals surface area (Å²) in [5, 5.41) is 3.01. The summed E-state index contributed by atoms with van der Waals surface area (Å²) in [5.41, 5.74) is 1.79. The molecule has 0 fully saturated rings. The van der Waals surface area contributed by atoms with E-state index in [1.165, 1.54) is 17.7 Å². The van der Waals surface area contributed by atoms with Gasteiger partial charge >= 0.3 is 0 Å². The number of anilines is 1. The van der Waals surface area contributed by atoms with Crippen molar-refractivity contribution in [1.29, 1.82) is 0 Å². The van der Waals surface area contributed by atoms with Crippen LogP contribution in [0.2, 0.25) is 0 Å². The number of carbonyl (C=O) groups excluding carboxylic acids is 3. The molecule has 2 aromatic heterocycles. The molecular weight excluding hydrogens is 498 g/mol. The molecule has 4 rings (SSSR count). The van der Waals surface area contributed by atoms with E-state index in [1.54, 1.807) is 67.6 Å². The molecule has 0 bridgehead atoms. The van der Waals surface area contributed by atoms with Crippen molar-refractivity contribution in [2.24, 2.45) is 0 Å². The van der Waals surface area contributed by atoms with Crippen molar-refractivity contribution in [2.45, 2.75) is 20.4 Å². The van der Waals surface area contributed by atoms with Crippen molar-refractivity contribution >= 4 is 50.1 Å². The van der Waals surface area contributed by atoms with E-state index >= 15 is 0 Å². The number of pyridine rings is 2. The lowest BCUT2D eigenvalue weighted by Crippen LogP contribution is -2.25. The fraction of sp³-hybridized carbons (Fsp3) is 0.115. The van der Waals surface area contributed by atoms with Gasteiger partial charge in [-0.3, -0.25) is 19.2 Å². The van der Waals surface area contributed by atoms with Crippen LogP contribution in [0, 0.1) is 6.92 Å². The van der Waals surface area contributed by atoms with E-state index in [1.807, 2.05) is 0 Å². The summed E-state index contributed by atoms with van der Waals surface area (Å²) >= 11 is 3.33. The Morgan fingerprint density at radius 1 is 1.00 bits per heavy atom. The van der Waals surface area contributed by atoms with Crippen LogP contribution in [-0.4, -0.2) is 27.0 Å². The van der Waals surface area contributed by atoms with Crippen LogP contribution in [0.15, 0.2) is 76.1 Å². The number of hydrogen-bond acceptors (Lipinski definition) is 5. The number of nitrogens with zero attached hydrogens (tertiary/aromatic N) is 2. The number of nitrogens with one attached hydrogen (secondary N) is 1. The van der Waals surface area contributed by atoms with Crippen LogP contribution >= 0.6 is 15.9 Å². The van der Waals surface area contributed by atoms with Crippen molar-refractivity contribution in [2.75, 3.05) is 5.32 Å². The van der Waals surface area contributed by atoms with Gasteiger partial charge in [0.1, 0.15) is 12.2 Å². The van der Waals surface area contributed by atoms with Crippen LogP contribution in [0.5, 0.6) is 0 Å². The Morgan fingerprint density at radius 3 is 2.44 bits per heavy atom. The highest BCUT2D eigenvalue weighted by Crippen LogP contribution is 2.17. The summed E-state index contributed by atoms with van der Waals surface area (Å²) in [7, 11) is 0. The van der Waals surface area contributed by atoms with Gasteiger partial charge < -0.3 is 9.88 Å². The highest BCUT2D eigenvalue weighted by Gasteiger charge is 2.19. The van der Waals surface area contributed by atoms with E-state index in [4.69, 9.17) is 0 Å². The molecule has 0 saturated carbocycles. The zero-order chi connectivity index (χ0) is 24.4. The van der Waals surface area contributed by atoms with Gasteiger partial charge in [-0.1, -0.05) is 28.1 Å². The molecule has 0 radical (unpaired) electrons. The number of ketones is 2. The lowest BCUT2D eigenvalue weighted by Gasteiger charge is -2.13. The zero-order valence-corrected chi connectivity index (χ0v) is 20.0. The molecule has 0 aliphatic carbocycles. The molecule has 0 spiro atoms. The summed E-state index contributed by atoms with van der Waals surface area (Å²) in [6.45, 7) is 3.05. The summed E-state index contributed by atoms with van der Waals surface area (Å²) in [4.78, 5) is 55.2. The maximum Gasteiger partial charge on any atom is 0.244 e. The molecule has 0 saturated heterocycles. The molecule has 34 heavy (non-hydrogen) atoms. The number of rotatable bonds is 6. The standard InChI is InChI=1S/C26H20BrN3O4/c1-15-6-11-21-25(34)22(24(33)17-7-9-19(27)10-8-17)13-30(26(21)28-15)14-23(32)29-20-5-3-4-18(12-20)16(2)31/h3-13H,14H2,1-2H3,(H,29,32). The SMILES string of the molecule is CC(=O)c1cccc(NC(=O)Cn2cc(C(=O)c3ccc(Br)cc3)c(=O)c3ccc(C)nc32)c1. The number of benzene rings is 2. The third-order valence-electron chi connectivity index (χ3n) is 5.28. The minimum atomic E-state index is -0.443. The molecule has 8 heteroatoms. The van der Waals surface area contributed by atoms with Gasteiger partial charge in [-0.25, -0.2) is 4.98 Å². The molecule has 2 aromatic carbocycles. The van der Waals surface area contributed by atoms with Crippen molar-refractivity contribution in [3.8, 4) is 0 Å². The Hall–Kier alpha value is -3.91. The predicted octanol–water partition coefficient (Wildman–Crippen LogP) is 4.54. The monoisotopic (exact) mass is 517 g/mol. The summed E-state index contributed by atoms with van der Waals surface area (Å²) in [5.74, 6) is -0.947. The summed E-state index contributed by atoms with van der Waals surface area (Å²) in [6, 6.07) is 16.6. The quantitative estimate of drug-likeness (QED) is 0.378. The second-order valence-electron chi connectivity index (χ2n) is 7.84. The van der Waals surface area contributed by atoms with Gasteiger partial charge in [0.2, 0.25) is 11.3 Å². The second-order valence-corrected chi connectivity index (χ2v) is 8.76. The van der Waals surface area contributed by atoms with Gasteiger partial charge in [-0.2, -0.15) is 0 Å². The zero-order valence-electron chi connectivity index (χ0n) is 18.5. The van der Waals surface area contributed by atoms with Crippen LogP contribution in [-0.2, 0) is 11.3 Å². The minimum Gasteiger partial charge on any atom is -0.325 e. The molecule has 4 aromatic rings. The van der Waals surface area contributed by atoms with Gasteiger partial charge in [-0.05, 0) is 62.4 Å². The first-order chi connectivity index (χ1) is 16.2. The van der Waals surface area contributed by atoms with Crippen molar-refractivity contribution in [3.63, 3.8) is 0 Å². The number of fused-ring (bicyclic) bond motifs is 1. The van der Waals surface area contributed by atoms with E-state index < -0.39 is 17.1 Å². The van der Waals surface area contributed by atoms with Gasteiger partial charge in [-0.15, -0.1) is 0 Å². The fourth-order valence-electron chi connectivity index (χ4n) is 3.57. The van der Waals surface area contributed by atoms with E-state index in [0.717, 1.165) is 4.47 Å². The molecule has 170 valence electrons. The Balaban J connectivity index is 1.74. The number of carbonyl (C=O) groups is 3. The van der Waals surface area contributed by atoms with Gasteiger partial charge in [0.15, 0.2) is 11.6 Å². The molecule has 0 aliphatic rings. The molecule has 7 nitrogen and oxygen atoms in total. The van der Waals surface area contributed by atoms with Crippen molar-refractivity contribution in [1.82, 2.24) is 9.55 Å². The molecule has 2 heterocycles. The highest BCUT2D eigenvalue weighted by atomic mass is 79.9. The Bertz CT molecular complexity index is 1510. The lowest BCUT2D eigenvalue weighted by atomic mass is 10.0. The molecule has 1 amide bonds.